The SMILES string of the molecule is CC(C)(O)CC1(C(=O)O)CCCCC1. The van der Waals surface area contributed by atoms with Crippen LogP contribution in [0, 0.1) is 5.41 Å². The fourth-order valence-corrected chi connectivity index (χ4v) is 2.52. The Balaban J connectivity index is 2.76. The zero-order chi connectivity index (χ0) is 10.8. The maximum Gasteiger partial charge on any atom is 0.309 e. The average Bonchev–Trinajstić information content (AvgIpc) is 2.02. The Labute approximate surface area is 85.1 Å². The summed E-state index contributed by atoms with van der Waals surface area (Å²) in [6.45, 7) is 3.37. The van der Waals surface area contributed by atoms with Crippen LogP contribution in [-0.2, 0) is 4.79 Å². The summed E-state index contributed by atoms with van der Waals surface area (Å²) in [5.41, 5.74) is -1.55. The van der Waals surface area contributed by atoms with E-state index in [0.29, 0.717) is 19.3 Å². The first kappa shape index (κ1) is 11.5. The van der Waals surface area contributed by atoms with Crippen molar-refractivity contribution >= 4 is 5.97 Å². The van der Waals surface area contributed by atoms with Gasteiger partial charge in [0.1, 0.15) is 0 Å². The zero-order valence-corrected chi connectivity index (χ0v) is 9.05. The zero-order valence-electron chi connectivity index (χ0n) is 9.05. The molecule has 1 rings (SSSR count). The molecule has 0 atom stereocenters. The van der Waals surface area contributed by atoms with E-state index in [-0.39, 0.29) is 0 Å². The number of carboxylic acid groups (broad SMARTS) is 1. The summed E-state index contributed by atoms with van der Waals surface area (Å²) in [7, 11) is 0. The van der Waals surface area contributed by atoms with Gasteiger partial charge >= 0.3 is 5.97 Å². The lowest BCUT2D eigenvalue weighted by molar-refractivity contribution is -0.155. The van der Waals surface area contributed by atoms with Gasteiger partial charge in [0, 0.05) is 0 Å². The van der Waals surface area contributed by atoms with E-state index in [9.17, 15) is 15.0 Å². The van der Waals surface area contributed by atoms with Gasteiger partial charge in [-0.15, -0.1) is 0 Å². The molecule has 0 aromatic rings. The van der Waals surface area contributed by atoms with Crippen LogP contribution in [0.3, 0.4) is 0 Å². The highest BCUT2D eigenvalue weighted by Gasteiger charge is 2.42. The van der Waals surface area contributed by atoms with Crippen molar-refractivity contribution in [2.24, 2.45) is 5.41 Å². The first-order chi connectivity index (χ1) is 6.36. The second kappa shape index (κ2) is 3.89. The van der Waals surface area contributed by atoms with E-state index in [0.717, 1.165) is 19.3 Å². The van der Waals surface area contributed by atoms with Crippen LogP contribution in [0.2, 0.25) is 0 Å². The molecule has 82 valence electrons. The molecule has 1 aliphatic carbocycles. The van der Waals surface area contributed by atoms with Gasteiger partial charge < -0.3 is 10.2 Å². The molecule has 0 radical (unpaired) electrons. The minimum atomic E-state index is -0.879. The summed E-state index contributed by atoms with van der Waals surface area (Å²) in [6, 6.07) is 0. The molecule has 1 aliphatic rings. The van der Waals surface area contributed by atoms with E-state index >= 15 is 0 Å². The largest absolute Gasteiger partial charge is 0.481 e. The predicted molar refractivity (Wildman–Crippen MR) is 54.1 cm³/mol. The Morgan fingerprint density at radius 3 is 2.14 bits per heavy atom. The molecule has 1 fully saturated rings. The molecule has 2 N–H and O–H groups in total. The standard InChI is InChI=1S/C11H20O3/c1-10(2,14)8-11(9(12)13)6-4-3-5-7-11/h14H,3-8H2,1-2H3,(H,12,13). The number of hydrogen-bond acceptors (Lipinski definition) is 2. The van der Waals surface area contributed by atoms with Crippen molar-refractivity contribution < 1.29 is 15.0 Å². The van der Waals surface area contributed by atoms with Crippen LogP contribution in [0.15, 0.2) is 0 Å². The minimum Gasteiger partial charge on any atom is -0.481 e. The normalized spacial score (nSPS) is 21.9. The monoisotopic (exact) mass is 200 g/mol. The second-order valence-corrected chi connectivity index (χ2v) is 5.14. The molecule has 0 aromatic heterocycles. The molecule has 1 saturated carbocycles. The van der Waals surface area contributed by atoms with Gasteiger partial charge in [0.15, 0.2) is 0 Å². The third-order valence-corrected chi connectivity index (χ3v) is 3.04. The second-order valence-electron chi connectivity index (χ2n) is 5.14. The molecule has 0 bridgehead atoms. The molecular weight excluding hydrogens is 180 g/mol. The van der Waals surface area contributed by atoms with Gasteiger partial charge in [0.2, 0.25) is 0 Å². The maximum absolute atomic E-state index is 11.2. The summed E-state index contributed by atoms with van der Waals surface area (Å²) in [4.78, 5) is 11.2. The third kappa shape index (κ3) is 2.71. The minimum absolute atomic E-state index is 0.370. The fraction of sp³-hybridized carbons (Fsp3) is 0.909. The molecule has 0 unspecified atom stereocenters. The first-order valence-electron chi connectivity index (χ1n) is 5.32. The van der Waals surface area contributed by atoms with Crippen molar-refractivity contribution in [3.05, 3.63) is 0 Å². The van der Waals surface area contributed by atoms with E-state index in [1.165, 1.54) is 0 Å². The number of hydrogen-bond donors (Lipinski definition) is 2. The van der Waals surface area contributed by atoms with Gasteiger partial charge in [-0.25, -0.2) is 0 Å². The molecule has 0 amide bonds. The van der Waals surface area contributed by atoms with E-state index in [1.54, 1.807) is 13.8 Å². The van der Waals surface area contributed by atoms with Gasteiger partial charge in [-0.3, -0.25) is 4.79 Å². The van der Waals surface area contributed by atoms with Gasteiger partial charge in [-0.2, -0.15) is 0 Å². The molecule has 0 aromatic carbocycles. The number of carbonyl (C=O) groups is 1. The van der Waals surface area contributed by atoms with Gasteiger partial charge in [-0.1, -0.05) is 19.3 Å². The Morgan fingerprint density at radius 2 is 1.79 bits per heavy atom. The Hall–Kier alpha value is -0.570. The molecule has 0 saturated heterocycles. The predicted octanol–water partition coefficient (Wildman–Crippen LogP) is 2.18. The number of carboxylic acids is 1. The Morgan fingerprint density at radius 1 is 1.29 bits per heavy atom. The quantitative estimate of drug-likeness (QED) is 0.734. The molecule has 3 heteroatoms. The molecule has 3 nitrogen and oxygen atoms in total. The van der Waals surface area contributed by atoms with E-state index in [4.69, 9.17) is 0 Å². The summed E-state index contributed by atoms with van der Waals surface area (Å²) in [5, 5.41) is 19.0. The maximum atomic E-state index is 11.2. The molecule has 0 spiro atoms. The lowest BCUT2D eigenvalue weighted by Gasteiger charge is -2.37. The van der Waals surface area contributed by atoms with E-state index in [2.05, 4.69) is 0 Å². The van der Waals surface area contributed by atoms with Crippen LogP contribution in [0.25, 0.3) is 0 Å². The van der Waals surface area contributed by atoms with Gasteiger partial charge in [0.25, 0.3) is 0 Å². The van der Waals surface area contributed by atoms with Crippen LogP contribution in [-0.4, -0.2) is 21.8 Å². The first-order valence-corrected chi connectivity index (χ1v) is 5.32. The van der Waals surface area contributed by atoms with Gasteiger partial charge in [0.05, 0.1) is 11.0 Å². The van der Waals surface area contributed by atoms with Crippen molar-refractivity contribution in [2.75, 3.05) is 0 Å². The van der Waals surface area contributed by atoms with Crippen molar-refractivity contribution in [3.8, 4) is 0 Å². The summed E-state index contributed by atoms with van der Waals surface area (Å²) < 4.78 is 0. The highest BCUT2D eigenvalue weighted by atomic mass is 16.4. The molecule has 14 heavy (non-hydrogen) atoms. The summed E-state index contributed by atoms with van der Waals surface area (Å²) >= 11 is 0. The highest BCUT2D eigenvalue weighted by Crippen LogP contribution is 2.42. The van der Waals surface area contributed by atoms with Crippen LogP contribution in [0.1, 0.15) is 52.4 Å². The van der Waals surface area contributed by atoms with Crippen molar-refractivity contribution in [2.45, 2.75) is 58.0 Å². The Kier molecular flexibility index (Phi) is 3.20. The highest BCUT2D eigenvalue weighted by molar-refractivity contribution is 5.74. The van der Waals surface area contributed by atoms with Crippen LogP contribution in [0.5, 0.6) is 0 Å². The topological polar surface area (TPSA) is 57.5 Å². The van der Waals surface area contributed by atoms with Crippen LogP contribution in [0.4, 0.5) is 0 Å². The Bertz CT molecular complexity index is 209. The number of aliphatic carboxylic acids is 1. The van der Waals surface area contributed by atoms with Crippen LogP contribution >= 0.6 is 0 Å². The summed E-state index contributed by atoms with van der Waals surface area (Å²) in [6.07, 6.45) is 4.87. The van der Waals surface area contributed by atoms with Crippen molar-refractivity contribution in [1.82, 2.24) is 0 Å². The smallest absolute Gasteiger partial charge is 0.309 e. The van der Waals surface area contributed by atoms with E-state index < -0.39 is 17.0 Å². The lowest BCUT2D eigenvalue weighted by Crippen LogP contribution is -2.40. The number of rotatable bonds is 3. The number of aliphatic hydroxyl groups is 1. The fourth-order valence-electron chi connectivity index (χ4n) is 2.52. The van der Waals surface area contributed by atoms with E-state index in [1.807, 2.05) is 0 Å². The average molecular weight is 200 g/mol. The van der Waals surface area contributed by atoms with Gasteiger partial charge in [-0.05, 0) is 33.1 Å². The van der Waals surface area contributed by atoms with Crippen LogP contribution < -0.4 is 0 Å². The van der Waals surface area contributed by atoms with Crippen molar-refractivity contribution in [3.63, 3.8) is 0 Å². The molecule has 0 heterocycles. The third-order valence-electron chi connectivity index (χ3n) is 3.04. The molecule has 0 aliphatic heterocycles. The lowest BCUT2D eigenvalue weighted by atomic mass is 9.68. The van der Waals surface area contributed by atoms with Crippen molar-refractivity contribution in [1.29, 1.82) is 0 Å². The summed E-state index contributed by atoms with van der Waals surface area (Å²) in [5.74, 6) is -0.737. The molecular formula is C11H20O3.